The Morgan fingerprint density at radius 2 is 2.03 bits per heavy atom. The number of amides is 3. The van der Waals surface area contributed by atoms with Crippen molar-refractivity contribution in [2.24, 2.45) is 4.99 Å². The average Bonchev–Trinajstić information content (AvgIpc) is 3.00. The number of para-hydroxylation sites is 1. The Kier molecular flexibility index (Phi) is 7.76. The first-order valence-corrected chi connectivity index (χ1v) is 11.5. The molecule has 0 aliphatic carbocycles. The van der Waals surface area contributed by atoms with E-state index in [1.165, 1.54) is 10.6 Å². The molecule has 0 spiro atoms. The van der Waals surface area contributed by atoms with Gasteiger partial charge in [-0.25, -0.2) is 4.79 Å². The van der Waals surface area contributed by atoms with Crippen molar-refractivity contribution < 1.29 is 9.59 Å². The normalized spacial score (nSPS) is 24.4. The molecule has 0 saturated carbocycles. The molecule has 3 amide bonds. The minimum atomic E-state index is -0.775. The summed E-state index contributed by atoms with van der Waals surface area (Å²) >= 11 is 0. The number of hydrogen-bond donors (Lipinski definition) is 3. The molecule has 8 nitrogen and oxygen atoms in total. The Morgan fingerprint density at radius 1 is 1.26 bits per heavy atom. The van der Waals surface area contributed by atoms with Crippen LogP contribution < -0.4 is 20.9 Å². The standard InChI is InChI=1S/C23H36N6O2/c1-4-23(3)20(30)29(22(31)27-23)16-10-14-25-21(24-5-2)26-18-11-9-15-28(17-18)19-12-7-6-8-13-19/h6-8,12-13,18H,4-5,9-11,14-17H2,1-3H3,(H,27,31)(H2,24,25,26). The molecule has 0 bridgehead atoms. The highest BCUT2D eigenvalue weighted by Crippen LogP contribution is 2.21. The lowest BCUT2D eigenvalue weighted by Gasteiger charge is -2.35. The highest BCUT2D eigenvalue weighted by Gasteiger charge is 2.45. The van der Waals surface area contributed by atoms with Gasteiger partial charge in [-0.1, -0.05) is 25.1 Å². The van der Waals surface area contributed by atoms with Crippen molar-refractivity contribution in [3.8, 4) is 0 Å². The summed E-state index contributed by atoms with van der Waals surface area (Å²) < 4.78 is 0. The summed E-state index contributed by atoms with van der Waals surface area (Å²) in [5, 5.41) is 9.67. The quantitative estimate of drug-likeness (QED) is 0.256. The van der Waals surface area contributed by atoms with Crippen molar-refractivity contribution in [2.45, 2.75) is 58.0 Å². The van der Waals surface area contributed by atoms with Crippen molar-refractivity contribution in [1.29, 1.82) is 0 Å². The van der Waals surface area contributed by atoms with Gasteiger partial charge in [0.1, 0.15) is 5.54 Å². The fourth-order valence-electron chi connectivity index (χ4n) is 4.09. The molecule has 2 aliphatic heterocycles. The summed E-state index contributed by atoms with van der Waals surface area (Å²) in [5.74, 6) is 0.648. The second-order valence-electron chi connectivity index (χ2n) is 8.45. The zero-order chi connectivity index (χ0) is 22.3. The molecule has 2 aliphatic rings. The molecule has 1 aromatic carbocycles. The van der Waals surface area contributed by atoms with Crippen LogP contribution in [0.5, 0.6) is 0 Å². The van der Waals surface area contributed by atoms with Crippen LogP contribution in [-0.2, 0) is 4.79 Å². The second kappa shape index (κ2) is 10.5. The molecule has 0 radical (unpaired) electrons. The minimum Gasteiger partial charge on any atom is -0.369 e. The summed E-state index contributed by atoms with van der Waals surface area (Å²) in [4.78, 5) is 33.0. The van der Waals surface area contributed by atoms with Crippen molar-refractivity contribution in [3.63, 3.8) is 0 Å². The Hall–Kier alpha value is -2.77. The van der Waals surface area contributed by atoms with Gasteiger partial charge in [0.05, 0.1) is 0 Å². The lowest BCUT2D eigenvalue weighted by molar-refractivity contribution is -0.130. The Balaban J connectivity index is 1.51. The minimum absolute atomic E-state index is 0.141. The van der Waals surface area contributed by atoms with E-state index in [1.54, 1.807) is 6.92 Å². The molecule has 3 N–H and O–H groups in total. The summed E-state index contributed by atoms with van der Waals surface area (Å²) in [7, 11) is 0. The van der Waals surface area contributed by atoms with E-state index in [1.807, 2.05) is 19.9 Å². The predicted molar refractivity (Wildman–Crippen MR) is 124 cm³/mol. The van der Waals surface area contributed by atoms with Gasteiger partial charge in [0.25, 0.3) is 5.91 Å². The zero-order valence-electron chi connectivity index (χ0n) is 19.0. The average molecular weight is 429 g/mol. The number of urea groups is 1. The maximum absolute atomic E-state index is 12.5. The lowest BCUT2D eigenvalue weighted by atomic mass is 9.99. The van der Waals surface area contributed by atoms with Gasteiger partial charge >= 0.3 is 6.03 Å². The molecule has 1 aromatic rings. The summed E-state index contributed by atoms with van der Waals surface area (Å²) in [6.07, 6.45) is 3.46. The van der Waals surface area contributed by atoms with Crippen molar-refractivity contribution in [3.05, 3.63) is 30.3 Å². The number of benzene rings is 1. The van der Waals surface area contributed by atoms with E-state index in [0.717, 1.165) is 38.4 Å². The molecule has 31 heavy (non-hydrogen) atoms. The Bertz CT molecular complexity index is 784. The number of carbonyl (C=O) groups excluding carboxylic acids is 2. The number of nitrogens with zero attached hydrogens (tertiary/aromatic N) is 3. The van der Waals surface area contributed by atoms with E-state index in [2.05, 4.69) is 50.1 Å². The number of carbonyl (C=O) groups is 2. The molecular formula is C23H36N6O2. The van der Waals surface area contributed by atoms with Crippen LogP contribution >= 0.6 is 0 Å². The van der Waals surface area contributed by atoms with Gasteiger partial charge in [-0.15, -0.1) is 0 Å². The third kappa shape index (κ3) is 5.68. The van der Waals surface area contributed by atoms with Gasteiger partial charge in [-0.05, 0) is 51.7 Å². The van der Waals surface area contributed by atoms with E-state index >= 15 is 0 Å². The first-order valence-electron chi connectivity index (χ1n) is 11.5. The largest absolute Gasteiger partial charge is 0.369 e. The SMILES string of the molecule is CCNC(=NCCCN1C(=O)NC(C)(CC)C1=O)NC1CCCN(c2ccccc2)C1. The molecule has 170 valence electrons. The highest BCUT2D eigenvalue weighted by molar-refractivity contribution is 6.06. The maximum Gasteiger partial charge on any atom is 0.325 e. The molecule has 2 saturated heterocycles. The first-order chi connectivity index (χ1) is 15.0. The molecule has 2 heterocycles. The first kappa shape index (κ1) is 22.9. The van der Waals surface area contributed by atoms with Crippen LogP contribution in [0.4, 0.5) is 10.5 Å². The number of aliphatic imine (C=N–C) groups is 1. The third-order valence-electron chi connectivity index (χ3n) is 6.09. The van der Waals surface area contributed by atoms with Crippen molar-refractivity contribution >= 4 is 23.6 Å². The fraction of sp³-hybridized carbons (Fsp3) is 0.609. The summed E-state index contributed by atoms with van der Waals surface area (Å²) in [6.45, 7) is 9.45. The van der Waals surface area contributed by atoms with E-state index < -0.39 is 5.54 Å². The molecule has 8 heteroatoms. The number of piperidine rings is 1. The Labute approximate surface area is 185 Å². The number of rotatable bonds is 8. The topological polar surface area (TPSA) is 89.1 Å². The number of hydrogen-bond acceptors (Lipinski definition) is 4. The predicted octanol–water partition coefficient (Wildman–Crippen LogP) is 2.32. The number of anilines is 1. The van der Waals surface area contributed by atoms with E-state index in [-0.39, 0.29) is 11.9 Å². The van der Waals surface area contributed by atoms with Gasteiger partial charge in [0.15, 0.2) is 5.96 Å². The summed E-state index contributed by atoms with van der Waals surface area (Å²) in [6, 6.07) is 10.5. The van der Waals surface area contributed by atoms with Crippen LogP contribution in [0, 0.1) is 0 Å². The van der Waals surface area contributed by atoms with E-state index in [0.29, 0.717) is 32.0 Å². The van der Waals surface area contributed by atoms with Gasteiger partial charge < -0.3 is 20.9 Å². The van der Waals surface area contributed by atoms with Gasteiger partial charge in [-0.3, -0.25) is 14.7 Å². The van der Waals surface area contributed by atoms with Crippen LogP contribution in [-0.4, -0.2) is 67.1 Å². The smallest absolute Gasteiger partial charge is 0.325 e. The fourth-order valence-corrected chi connectivity index (χ4v) is 4.09. The monoisotopic (exact) mass is 428 g/mol. The molecule has 3 rings (SSSR count). The van der Waals surface area contributed by atoms with Crippen LogP contribution in [0.2, 0.25) is 0 Å². The number of guanidine groups is 1. The molecule has 2 fully saturated rings. The van der Waals surface area contributed by atoms with Crippen LogP contribution in [0.1, 0.15) is 46.5 Å². The van der Waals surface area contributed by atoms with Gasteiger partial charge in [0.2, 0.25) is 0 Å². The lowest BCUT2D eigenvalue weighted by Crippen LogP contribution is -2.51. The molecule has 2 unspecified atom stereocenters. The maximum atomic E-state index is 12.5. The van der Waals surface area contributed by atoms with E-state index in [9.17, 15) is 9.59 Å². The third-order valence-corrected chi connectivity index (χ3v) is 6.09. The second-order valence-corrected chi connectivity index (χ2v) is 8.45. The molecule has 2 atom stereocenters. The Morgan fingerprint density at radius 3 is 2.71 bits per heavy atom. The molecule has 0 aromatic heterocycles. The van der Waals surface area contributed by atoms with Gasteiger partial charge in [0, 0.05) is 44.5 Å². The van der Waals surface area contributed by atoms with Crippen molar-refractivity contribution in [1.82, 2.24) is 20.9 Å². The van der Waals surface area contributed by atoms with Gasteiger partial charge in [-0.2, -0.15) is 0 Å². The van der Waals surface area contributed by atoms with Crippen LogP contribution in [0.3, 0.4) is 0 Å². The number of imide groups is 1. The summed E-state index contributed by atoms with van der Waals surface area (Å²) in [5.41, 5.74) is 0.478. The zero-order valence-corrected chi connectivity index (χ0v) is 19.0. The van der Waals surface area contributed by atoms with Crippen LogP contribution in [0.15, 0.2) is 35.3 Å². The van der Waals surface area contributed by atoms with E-state index in [4.69, 9.17) is 0 Å². The van der Waals surface area contributed by atoms with Crippen molar-refractivity contribution in [2.75, 3.05) is 37.6 Å². The number of nitrogens with one attached hydrogen (secondary N) is 3. The van der Waals surface area contributed by atoms with Crippen LogP contribution in [0.25, 0.3) is 0 Å². The highest BCUT2D eigenvalue weighted by atomic mass is 16.2. The molecular weight excluding hydrogens is 392 g/mol.